The Hall–Kier alpha value is -2.36. The minimum absolute atomic E-state index is 0.107. The van der Waals surface area contributed by atoms with Gasteiger partial charge in [0.2, 0.25) is 15.9 Å². The number of halogens is 2. The average Bonchev–Trinajstić information content (AvgIpc) is 2.71. The molecule has 2 aromatic carbocycles. The molecular formula is C20H23F2N3O3S. The van der Waals surface area contributed by atoms with E-state index in [1.54, 1.807) is 0 Å². The van der Waals surface area contributed by atoms with Crippen LogP contribution in [0.3, 0.4) is 0 Å². The predicted molar refractivity (Wildman–Crippen MR) is 105 cm³/mol. The Labute approximate surface area is 169 Å². The van der Waals surface area contributed by atoms with Crippen LogP contribution in [-0.2, 0) is 21.2 Å². The van der Waals surface area contributed by atoms with Crippen molar-refractivity contribution in [3.05, 3.63) is 65.7 Å². The molecule has 1 heterocycles. The normalized spacial score (nSPS) is 15.9. The molecule has 0 radical (unpaired) electrons. The molecular weight excluding hydrogens is 400 g/mol. The first-order valence-electron chi connectivity index (χ1n) is 9.34. The van der Waals surface area contributed by atoms with Crippen molar-refractivity contribution in [1.82, 2.24) is 14.5 Å². The summed E-state index contributed by atoms with van der Waals surface area (Å²) in [7, 11) is -4.12. The van der Waals surface area contributed by atoms with Crippen molar-refractivity contribution < 1.29 is 22.0 Å². The molecule has 1 aliphatic rings. The van der Waals surface area contributed by atoms with Gasteiger partial charge in [-0.15, -0.1) is 0 Å². The molecule has 1 N–H and O–H groups in total. The van der Waals surface area contributed by atoms with Crippen LogP contribution in [0.2, 0.25) is 0 Å². The third-order valence-electron chi connectivity index (χ3n) is 4.79. The Kier molecular flexibility index (Phi) is 6.94. The number of carbonyl (C=O) groups excluding carboxylic acids is 1. The third kappa shape index (κ3) is 5.59. The van der Waals surface area contributed by atoms with Gasteiger partial charge in [0, 0.05) is 32.7 Å². The molecule has 1 aliphatic heterocycles. The quantitative estimate of drug-likeness (QED) is 0.735. The molecule has 0 aromatic heterocycles. The fourth-order valence-corrected chi connectivity index (χ4v) is 4.69. The number of hydrogen-bond donors (Lipinski definition) is 1. The fraction of sp³-hybridized carbons (Fsp3) is 0.350. The summed E-state index contributed by atoms with van der Waals surface area (Å²) in [6.07, 6.45) is 0.734. The second-order valence-corrected chi connectivity index (χ2v) is 8.75. The number of nitrogens with one attached hydrogen (secondary N) is 1. The van der Waals surface area contributed by atoms with Gasteiger partial charge >= 0.3 is 0 Å². The monoisotopic (exact) mass is 423 g/mol. The lowest BCUT2D eigenvalue weighted by Crippen LogP contribution is -2.51. The molecule has 1 fully saturated rings. The first-order chi connectivity index (χ1) is 13.9. The fourth-order valence-electron chi connectivity index (χ4n) is 3.19. The molecule has 0 spiro atoms. The summed E-state index contributed by atoms with van der Waals surface area (Å²) in [5.74, 6) is -1.92. The molecule has 6 nitrogen and oxygen atoms in total. The lowest BCUT2D eigenvalue weighted by Gasteiger charge is -2.33. The average molecular weight is 423 g/mol. The van der Waals surface area contributed by atoms with Gasteiger partial charge in [-0.25, -0.2) is 17.2 Å². The number of piperazine rings is 1. The van der Waals surface area contributed by atoms with Crippen LogP contribution in [0.1, 0.15) is 5.56 Å². The smallest absolute Gasteiger partial charge is 0.246 e. The Bertz CT molecular complexity index is 947. The largest absolute Gasteiger partial charge is 0.355 e. The number of carbonyl (C=O) groups is 1. The zero-order valence-electron chi connectivity index (χ0n) is 15.9. The maximum absolute atomic E-state index is 13.9. The predicted octanol–water partition coefficient (Wildman–Crippen LogP) is 1.63. The Morgan fingerprint density at radius 3 is 2.38 bits per heavy atom. The van der Waals surface area contributed by atoms with E-state index in [1.807, 2.05) is 35.2 Å². The zero-order valence-corrected chi connectivity index (χ0v) is 16.7. The van der Waals surface area contributed by atoms with E-state index in [0.717, 1.165) is 28.4 Å². The van der Waals surface area contributed by atoms with Crippen LogP contribution in [0.15, 0.2) is 53.4 Å². The summed E-state index contributed by atoms with van der Waals surface area (Å²) >= 11 is 0. The first-order valence-corrected chi connectivity index (χ1v) is 10.8. The van der Waals surface area contributed by atoms with Crippen LogP contribution in [0.4, 0.5) is 8.78 Å². The van der Waals surface area contributed by atoms with E-state index in [4.69, 9.17) is 0 Å². The van der Waals surface area contributed by atoms with Gasteiger partial charge in [0.15, 0.2) is 0 Å². The zero-order chi connectivity index (χ0) is 20.9. The summed E-state index contributed by atoms with van der Waals surface area (Å²) in [6.45, 7) is 1.57. The molecule has 1 amide bonds. The molecule has 3 rings (SSSR count). The summed E-state index contributed by atoms with van der Waals surface area (Å²) in [5.41, 5.74) is 1.14. The van der Waals surface area contributed by atoms with Crippen molar-refractivity contribution in [1.29, 1.82) is 0 Å². The number of amides is 1. The van der Waals surface area contributed by atoms with Gasteiger partial charge in [-0.05, 0) is 30.2 Å². The van der Waals surface area contributed by atoms with Gasteiger partial charge in [0.05, 0.1) is 6.54 Å². The third-order valence-corrected chi connectivity index (χ3v) is 6.70. The van der Waals surface area contributed by atoms with Crippen molar-refractivity contribution in [2.24, 2.45) is 0 Å². The molecule has 0 unspecified atom stereocenters. The van der Waals surface area contributed by atoms with Gasteiger partial charge < -0.3 is 5.32 Å². The van der Waals surface area contributed by atoms with Crippen LogP contribution in [-0.4, -0.2) is 62.8 Å². The number of hydrogen-bond acceptors (Lipinski definition) is 4. The molecule has 0 aliphatic carbocycles. The molecule has 2 aromatic rings. The molecule has 0 atom stereocenters. The maximum Gasteiger partial charge on any atom is 0.246 e. The van der Waals surface area contributed by atoms with Crippen LogP contribution >= 0.6 is 0 Å². The van der Waals surface area contributed by atoms with E-state index in [2.05, 4.69) is 5.32 Å². The summed E-state index contributed by atoms with van der Waals surface area (Å²) in [5, 5.41) is 2.86. The Morgan fingerprint density at radius 1 is 1.00 bits per heavy atom. The van der Waals surface area contributed by atoms with Gasteiger partial charge in [-0.1, -0.05) is 30.3 Å². The van der Waals surface area contributed by atoms with E-state index in [-0.39, 0.29) is 25.5 Å². The number of benzene rings is 2. The minimum atomic E-state index is -4.12. The highest BCUT2D eigenvalue weighted by Crippen LogP contribution is 2.21. The lowest BCUT2D eigenvalue weighted by atomic mass is 10.1. The molecule has 0 saturated carbocycles. The highest BCUT2D eigenvalue weighted by Gasteiger charge is 2.31. The second-order valence-electron chi connectivity index (χ2n) is 6.84. The highest BCUT2D eigenvalue weighted by molar-refractivity contribution is 7.89. The standard InChI is InChI=1S/C20H23F2N3O3S/c21-17-6-7-18(22)19(14-17)29(27,28)25-12-10-24(11-13-25)15-20(26)23-9-8-16-4-2-1-3-5-16/h1-7,14H,8-13,15H2,(H,23,26). The van der Waals surface area contributed by atoms with Crippen LogP contribution in [0.25, 0.3) is 0 Å². The molecule has 156 valence electrons. The van der Waals surface area contributed by atoms with Gasteiger partial charge in [-0.3, -0.25) is 9.69 Å². The SMILES string of the molecule is O=C(CN1CCN(S(=O)(=O)c2cc(F)ccc2F)CC1)NCCc1ccccc1. The van der Waals surface area contributed by atoms with Crippen molar-refractivity contribution >= 4 is 15.9 Å². The van der Waals surface area contributed by atoms with E-state index in [1.165, 1.54) is 0 Å². The Balaban J connectivity index is 1.47. The molecule has 9 heteroatoms. The molecule has 1 saturated heterocycles. The highest BCUT2D eigenvalue weighted by atomic mass is 32.2. The van der Waals surface area contributed by atoms with E-state index in [9.17, 15) is 22.0 Å². The van der Waals surface area contributed by atoms with Gasteiger partial charge in [0.1, 0.15) is 16.5 Å². The van der Waals surface area contributed by atoms with E-state index < -0.39 is 26.6 Å². The van der Waals surface area contributed by atoms with Crippen LogP contribution in [0.5, 0.6) is 0 Å². The Morgan fingerprint density at radius 2 is 1.69 bits per heavy atom. The maximum atomic E-state index is 13.9. The van der Waals surface area contributed by atoms with E-state index >= 15 is 0 Å². The van der Waals surface area contributed by atoms with Crippen molar-refractivity contribution in [2.45, 2.75) is 11.3 Å². The van der Waals surface area contributed by atoms with Crippen LogP contribution < -0.4 is 5.32 Å². The number of sulfonamides is 1. The van der Waals surface area contributed by atoms with Crippen molar-refractivity contribution in [3.8, 4) is 0 Å². The molecule has 0 bridgehead atoms. The second kappa shape index (κ2) is 9.43. The van der Waals surface area contributed by atoms with Gasteiger partial charge in [-0.2, -0.15) is 4.31 Å². The van der Waals surface area contributed by atoms with Gasteiger partial charge in [0.25, 0.3) is 0 Å². The van der Waals surface area contributed by atoms with Crippen molar-refractivity contribution in [3.63, 3.8) is 0 Å². The lowest BCUT2D eigenvalue weighted by molar-refractivity contribution is -0.122. The van der Waals surface area contributed by atoms with Crippen molar-refractivity contribution in [2.75, 3.05) is 39.3 Å². The van der Waals surface area contributed by atoms with Crippen LogP contribution in [0, 0.1) is 11.6 Å². The summed E-state index contributed by atoms with van der Waals surface area (Å²) < 4.78 is 53.5. The van der Waals surface area contributed by atoms with E-state index in [0.29, 0.717) is 25.7 Å². The summed E-state index contributed by atoms with van der Waals surface area (Å²) in [4.78, 5) is 13.3. The minimum Gasteiger partial charge on any atom is -0.355 e. The molecule has 29 heavy (non-hydrogen) atoms. The first kappa shape index (κ1) is 21.4. The number of rotatable bonds is 7. The topological polar surface area (TPSA) is 69.7 Å². The summed E-state index contributed by atoms with van der Waals surface area (Å²) in [6, 6.07) is 12.2. The number of nitrogens with zero attached hydrogens (tertiary/aromatic N) is 2.